The first-order valence-corrected chi connectivity index (χ1v) is 9.13. The van der Waals surface area contributed by atoms with E-state index in [1.807, 2.05) is 38.3 Å². The minimum absolute atomic E-state index is 0.238. The number of piperidine rings is 1. The van der Waals surface area contributed by atoms with Gasteiger partial charge in [-0.05, 0) is 44.2 Å². The Balaban J connectivity index is 1.89. The molecule has 0 bridgehead atoms. The molecular weight excluding hydrogens is 324 g/mol. The Hall–Kier alpha value is -2.47. The van der Waals surface area contributed by atoms with Crippen molar-refractivity contribution in [3.63, 3.8) is 0 Å². The molecule has 0 saturated carbocycles. The number of anilines is 1. The van der Waals surface area contributed by atoms with E-state index >= 15 is 0 Å². The van der Waals surface area contributed by atoms with Gasteiger partial charge in [0.1, 0.15) is 11.3 Å². The van der Waals surface area contributed by atoms with Crippen LogP contribution < -0.4 is 10.6 Å². The lowest BCUT2D eigenvalue weighted by Gasteiger charge is -2.39. The largest absolute Gasteiger partial charge is 0.355 e. The number of aromatic nitrogens is 4. The smallest absolute Gasteiger partial charge is 0.202 e. The van der Waals surface area contributed by atoms with Gasteiger partial charge in [-0.2, -0.15) is 5.10 Å². The van der Waals surface area contributed by atoms with Gasteiger partial charge in [0.05, 0.1) is 11.9 Å². The fourth-order valence-corrected chi connectivity index (χ4v) is 3.24. The number of H-pyrrole nitrogens is 1. The molecule has 1 aliphatic heterocycles. The Morgan fingerprint density at radius 2 is 2.15 bits per heavy atom. The van der Waals surface area contributed by atoms with E-state index in [4.69, 9.17) is 10.7 Å². The molecule has 2 aromatic rings. The van der Waals surface area contributed by atoms with Crippen LogP contribution in [0.3, 0.4) is 0 Å². The molecule has 2 aromatic heterocycles. The number of nitrogens with one attached hydrogen (secondary N) is 1. The Morgan fingerprint density at radius 1 is 1.42 bits per heavy atom. The van der Waals surface area contributed by atoms with Crippen molar-refractivity contribution in [2.45, 2.75) is 33.6 Å². The number of hydrogen-bond donors (Lipinski definition) is 2. The van der Waals surface area contributed by atoms with Gasteiger partial charge in [0.15, 0.2) is 0 Å². The molecule has 3 heterocycles. The van der Waals surface area contributed by atoms with Crippen molar-refractivity contribution in [1.82, 2.24) is 20.2 Å². The summed E-state index contributed by atoms with van der Waals surface area (Å²) in [6.07, 6.45) is 9.97. The summed E-state index contributed by atoms with van der Waals surface area (Å²) in [4.78, 5) is 11.7. The molecule has 3 N–H and O–H groups in total. The predicted molar refractivity (Wildman–Crippen MR) is 108 cm³/mol. The average molecular weight is 352 g/mol. The number of aromatic amines is 1. The van der Waals surface area contributed by atoms with Gasteiger partial charge in [0.2, 0.25) is 5.65 Å². The van der Waals surface area contributed by atoms with Crippen molar-refractivity contribution in [1.29, 1.82) is 0 Å². The number of hydrogen-bond acceptors (Lipinski definition) is 5. The zero-order valence-corrected chi connectivity index (χ0v) is 15.9. The van der Waals surface area contributed by atoms with Crippen LogP contribution in [-0.4, -0.2) is 39.8 Å². The third-order valence-corrected chi connectivity index (χ3v) is 5.22. The predicted octanol–water partition coefficient (Wildman–Crippen LogP) is 3.45. The summed E-state index contributed by atoms with van der Waals surface area (Å²) in [7, 11) is 0. The normalized spacial score (nSPS) is 18.0. The van der Waals surface area contributed by atoms with Crippen LogP contribution in [0.1, 0.15) is 39.3 Å². The molecule has 1 saturated heterocycles. The van der Waals surface area contributed by atoms with E-state index in [-0.39, 0.29) is 5.41 Å². The maximum absolute atomic E-state index is 5.91. The highest BCUT2D eigenvalue weighted by molar-refractivity contribution is 5.91. The summed E-state index contributed by atoms with van der Waals surface area (Å²) in [6, 6.07) is 0. The molecule has 1 aliphatic rings. The van der Waals surface area contributed by atoms with Crippen molar-refractivity contribution < 1.29 is 0 Å². The quantitative estimate of drug-likeness (QED) is 0.805. The Kier molecular flexibility index (Phi) is 5.23. The number of allylic oxidation sites excluding steroid dienone is 5. The zero-order chi connectivity index (χ0) is 18.7. The summed E-state index contributed by atoms with van der Waals surface area (Å²) in [6.45, 7) is 12.9. The maximum Gasteiger partial charge on any atom is 0.202 e. The molecule has 26 heavy (non-hydrogen) atoms. The molecule has 6 nitrogen and oxygen atoms in total. The van der Waals surface area contributed by atoms with E-state index in [1.165, 1.54) is 0 Å². The molecule has 0 spiro atoms. The first-order valence-electron chi connectivity index (χ1n) is 9.13. The standard InChI is InChI=1S/C20H28N6/c1-5-6-7-15(14(2)3)17-18-19(25-24-17)23-16(12-22-18)26-10-8-20(4,13-21)9-11-26/h5-7,12H,2,8-11,13,21H2,1,3-4H3,(H,23,24,25)/b6-5-,15-7+. The SMILES string of the molecule is C=C(C)/C(=C\C=C/C)c1[nH]nc2nc(N3CCC(C)(CN)CC3)cnc12. The first kappa shape index (κ1) is 18.3. The van der Waals surface area contributed by atoms with Crippen LogP contribution in [0.25, 0.3) is 16.7 Å². The second-order valence-corrected chi connectivity index (χ2v) is 7.39. The molecule has 1 fully saturated rings. The molecule has 0 atom stereocenters. The van der Waals surface area contributed by atoms with Crippen molar-refractivity contribution >= 4 is 22.6 Å². The molecule has 138 valence electrons. The third-order valence-electron chi connectivity index (χ3n) is 5.22. The number of nitrogens with two attached hydrogens (primary N) is 1. The van der Waals surface area contributed by atoms with Crippen LogP contribution in [0.15, 0.2) is 36.6 Å². The summed E-state index contributed by atoms with van der Waals surface area (Å²) in [5.74, 6) is 0.879. The Labute approximate surface area is 154 Å². The minimum atomic E-state index is 0.238. The number of fused-ring (bicyclic) bond motifs is 1. The Morgan fingerprint density at radius 3 is 2.77 bits per heavy atom. The first-order chi connectivity index (χ1) is 12.5. The molecule has 0 unspecified atom stereocenters. The van der Waals surface area contributed by atoms with Gasteiger partial charge >= 0.3 is 0 Å². The topological polar surface area (TPSA) is 83.7 Å². The lowest BCUT2D eigenvalue weighted by Crippen LogP contribution is -2.42. The van der Waals surface area contributed by atoms with Crippen LogP contribution in [-0.2, 0) is 0 Å². The maximum atomic E-state index is 5.91. The number of nitrogens with zero attached hydrogens (tertiary/aromatic N) is 4. The molecule has 0 amide bonds. The lowest BCUT2D eigenvalue weighted by atomic mass is 9.80. The molecular formula is C20H28N6. The minimum Gasteiger partial charge on any atom is -0.355 e. The van der Waals surface area contributed by atoms with E-state index in [2.05, 4.69) is 33.6 Å². The molecule has 0 aliphatic carbocycles. The molecule has 6 heteroatoms. The van der Waals surface area contributed by atoms with Crippen LogP contribution in [0.2, 0.25) is 0 Å². The second kappa shape index (κ2) is 7.41. The van der Waals surface area contributed by atoms with E-state index < -0.39 is 0 Å². The second-order valence-electron chi connectivity index (χ2n) is 7.39. The van der Waals surface area contributed by atoms with Crippen molar-refractivity contribution in [3.8, 4) is 0 Å². The van der Waals surface area contributed by atoms with Crippen LogP contribution in [0.4, 0.5) is 5.82 Å². The molecule has 0 radical (unpaired) electrons. The van der Waals surface area contributed by atoms with Gasteiger partial charge in [-0.1, -0.05) is 31.7 Å². The van der Waals surface area contributed by atoms with Crippen molar-refractivity contribution in [2.75, 3.05) is 24.5 Å². The van der Waals surface area contributed by atoms with Gasteiger partial charge in [0, 0.05) is 18.7 Å². The monoisotopic (exact) mass is 352 g/mol. The van der Waals surface area contributed by atoms with E-state index in [1.54, 1.807) is 0 Å². The summed E-state index contributed by atoms with van der Waals surface area (Å²) in [5, 5.41) is 7.46. The molecule has 0 aromatic carbocycles. The van der Waals surface area contributed by atoms with Gasteiger partial charge in [-0.15, -0.1) is 0 Å². The lowest BCUT2D eigenvalue weighted by molar-refractivity contribution is 0.258. The fraction of sp³-hybridized carbons (Fsp3) is 0.450. The number of rotatable bonds is 5. The van der Waals surface area contributed by atoms with Crippen LogP contribution in [0.5, 0.6) is 0 Å². The van der Waals surface area contributed by atoms with Crippen molar-refractivity contribution in [2.24, 2.45) is 11.1 Å². The fourth-order valence-electron chi connectivity index (χ4n) is 3.24. The third kappa shape index (κ3) is 3.55. The van der Waals surface area contributed by atoms with E-state index in [0.717, 1.165) is 60.7 Å². The van der Waals surface area contributed by atoms with Gasteiger partial charge in [-0.25, -0.2) is 9.97 Å². The average Bonchev–Trinajstić information content (AvgIpc) is 3.05. The summed E-state index contributed by atoms with van der Waals surface area (Å²) < 4.78 is 0. The summed E-state index contributed by atoms with van der Waals surface area (Å²) >= 11 is 0. The highest BCUT2D eigenvalue weighted by Crippen LogP contribution is 2.32. The van der Waals surface area contributed by atoms with Gasteiger partial charge in [-0.3, -0.25) is 5.10 Å². The highest BCUT2D eigenvalue weighted by atomic mass is 15.2. The van der Waals surface area contributed by atoms with Gasteiger partial charge < -0.3 is 10.6 Å². The highest BCUT2D eigenvalue weighted by Gasteiger charge is 2.29. The Bertz CT molecular complexity index is 852. The van der Waals surface area contributed by atoms with Crippen LogP contribution >= 0.6 is 0 Å². The van der Waals surface area contributed by atoms with E-state index in [0.29, 0.717) is 5.65 Å². The summed E-state index contributed by atoms with van der Waals surface area (Å²) in [5.41, 5.74) is 10.4. The van der Waals surface area contributed by atoms with E-state index in [9.17, 15) is 0 Å². The molecule has 3 rings (SSSR count). The van der Waals surface area contributed by atoms with Crippen LogP contribution in [0, 0.1) is 5.41 Å². The van der Waals surface area contributed by atoms with Gasteiger partial charge in [0.25, 0.3) is 0 Å². The van der Waals surface area contributed by atoms with Crippen molar-refractivity contribution in [3.05, 3.63) is 42.3 Å². The zero-order valence-electron chi connectivity index (χ0n) is 15.9.